The van der Waals surface area contributed by atoms with Gasteiger partial charge in [-0.15, -0.1) is 0 Å². The van der Waals surface area contributed by atoms with E-state index < -0.39 is 9.33 Å². The van der Waals surface area contributed by atoms with Gasteiger partial charge in [0.1, 0.15) is 0 Å². The third kappa shape index (κ3) is 46.9. The van der Waals surface area contributed by atoms with E-state index in [1.807, 2.05) is 0 Å². The van der Waals surface area contributed by atoms with Crippen LogP contribution in [-0.4, -0.2) is 13.0 Å². The molecule has 0 fully saturated rings. The molecule has 0 aliphatic rings. The van der Waals surface area contributed by atoms with E-state index in [1.165, 1.54) is 38.5 Å². The Labute approximate surface area is 85.7 Å². The van der Waals surface area contributed by atoms with Crippen molar-refractivity contribution in [2.45, 2.75) is 52.4 Å². The van der Waals surface area contributed by atoms with E-state index in [2.05, 4.69) is 24.5 Å². The zero-order valence-corrected chi connectivity index (χ0v) is 9.86. The van der Waals surface area contributed by atoms with Crippen LogP contribution in [0.5, 0.6) is 0 Å². The average molecular weight is 231 g/mol. The van der Waals surface area contributed by atoms with Gasteiger partial charge in [0.25, 0.3) is 0 Å². The smallest absolute Gasteiger partial charge is 0.273 e. The van der Waals surface area contributed by atoms with Crippen LogP contribution in [0, 0.1) is 0 Å². The van der Waals surface area contributed by atoms with E-state index in [1.54, 1.807) is 0 Å². The molecule has 1 N–H and O–H groups in total. The third-order valence-corrected chi connectivity index (χ3v) is 1.46. The first-order valence-corrected chi connectivity index (χ1v) is 6.85. The number of unbranched alkanes of at least 4 members (excludes halogenated alkanes) is 5. The van der Waals surface area contributed by atoms with E-state index in [9.17, 15) is 0 Å². The van der Waals surface area contributed by atoms with Gasteiger partial charge in [0.2, 0.25) is 0 Å². The zero-order chi connectivity index (χ0) is 10.7. The van der Waals surface area contributed by atoms with Crippen molar-refractivity contribution in [3.05, 3.63) is 0 Å². The molecule has 0 saturated heterocycles. The number of rotatable bonds is 5. The van der Waals surface area contributed by atoms with Crippen LogP contribution in [0.25, 0.3) is 0 Å². The standard InChI is InChI=1S/C8H18.ClHO3S/c1-3-5-7-8-6-4-2;1-5(2,3)4/h3-8H2,1-2H3;(H,2,3,4). The molecule has 0 amide bonds. The summed E-state index contributed by atoms with van der Waals surface area (Å²) in [7, 11) is -0.137. The van der Waals surface area contributed by atoms with Crippen LogP contribution in [0.2, 0.25) is 0 Å². The Kier molecular flexibility index (Phi) is 12.4. The molecule has 13 heavy (non-hydrogen) atoms. The topological polar surface area (TPSA) is 54.4 Å². The van der Waals surface area contributed by atoms with Gasteiger partial charge in [-0.3, -0.25) is 4.55 Å². The maximum Gasteiger partial charge on any atom is 0.353 e. The Morgan fingerprint density at radius 3 is 1.38 bits per heavy atom. The largest absolute Gasteiger partial charge is 0.353 e. The molecule has 0 radical (unpaired) electrons. The minimum atomic E-state index is -4.19. The lowest BCUT2D eigenvalue weighted by atomic mass is 10.1. The Hall–Kier alpha value is 0.200. The Balaban J connectivity index is 0. The van der Waals surface area contributed by atoms with Gasteiger partial charge < -0.3 is 0 Å². The molecule has 82 valence electrons. The fourth-order valence-electron chi connectivity index (χ4n) is 0.854. The molecule has 0 atom stereocenters. The highest BCUT2D eigenvalue weighted by molar-refractivity contribution is 8.09. The van der Waals surface area contributed by atoms with Gasteiger partial charge in [0, 0.05) is 10.7 Å². The van der Waals surface area contributed by atoms with Crippen molar-refractivity contribution in [2.75, 3.05) is 0 Å². The fraction of sp³-hybridized carbons (Fsp3) is 1.00. The van der Waals surface area contributed by atoms with Gasteiger partial charge in [-0.05, 0) is 0 Å². The molecule has 0 aliphatic heterocycles. The summed E-state index contributed by atoms with van der Waals surface area (Å²) in [5, 5.41) is 0. The average Bonchev–Trinajstić information content (AvgIpc) is 1.95. The molecule has 3 nitrogen and oxygen atoms in total. The van der Waals surface area contributed by atoms with E-state index in [0.717, 1.165) is 0 Å². The second-order valence-corrected chi connectivity index (χ2v) is 4.82. The number of halogens is 1. The predicted octanol–water partition coefficient (Wildman–Crippen LogP) is 3.39. The second kappa shape index (κ2) is 10.3. The van der Waals surface area contributed by atoms with Crippen molar-refractivity contribution in [1.29, 1.82) is 0 Å². The van der Waals surface area contributed by atoms with Gasteiger partial charge in [0.15, 0.2) is 0 Å². The summed E-state index contributed by atoms with van der Waals surface area (Å²) in [6, 6.07) is 0. The molecule has 0 aromatic heterocycles. The second-order valence-electron chi connectivity index (χ2n) is 2.83. The SMILES string of the molecule is CCCCCCCC.O=S(=O)(O)Cl. The van der Waals surface area contributed by atoms with E-state index in [-0.39, 0.29) is 0 Å². The molecule has 0 rings (SSSR count). The number of hydrogen-bond donors (Lipinski definition) is 1. The molecule has 0 aliphatic carbocycles. The first-order valence-electron chi connectivity index (χ1n) is 4.58. The molecule has 0 aromatic carbocycles. The molecule has 0 bridgehead atoms. The van der Waals surface area contributed by atoms with Crippen molar-refractivity contribution in [3.63, 3.8) is 0 Å². The predicted molar refractivity (Wildman–Crippen MR) is 56.5 cm³/mol. The molecule has 5 heteroatoms. The summed E-state index contributed by atoms with van der Waals surface area (Å²) >= 11 is 0. The minimum Gasteiger partial charge on any atom is -0.273 e. The minimum absolute atomic E-state index is 1.36. The molecule has 0 heterocycles. The van der Waals surface area contributed by atoms with Crippen LogP contribution in [0.4, 0.5) is 0 Å². The van der Waals surface area contributed by atoms with Crippen LogP contribution < -0.4 is 0 Å². The Bertz CT molecular complexity index is 164. The Morgan fingerprint density at radius 1 is 1.00 bits per heavy atom. The monoisotopic (exact) mass is 230 g/mol. The van der Waals surface area contributed by atoms with E-state index >= 15 is 0 Å². The summed E-state index contributed by atoms with van der Waals surface area (Å²) in [5.41, 5.74) is 0. The molecule has 0 saturated carbocycles. The molecule has 0 unspecified atom stereocenters. The van der Waals surface area contributed by atoms with Crippen LogP contribution in [-0.2, 0) is 9.33 Å². The van der Waals surface area contributed by atoms with Crippen molar-refractivity contribution in [1.82, 2.24) is 0 Å². The van der Waals surface area contributed by atoms with Crippen molar-refractivity contribution in [3.8, 4) is 0 Å². The third-order valence-electron chi connectivity index (χ3n) is 1.46. The summed E-state index contributed by atoms with van der Waals surface area (Å²) in [5.74, 6) is 0. The van der Waals surface area contributed by atoms with Gasteiger partial charge >= 0.3 is 9.33 Å². The lowest BCUT2D eigenvalue weighted by Crippen LogP contribution is -1.77. The normalized spacial score (nSPS) is 10.5. The highest BCUT2D eigenvalue weighted by atomic mass is 35.7. The maximum absolute atomic E-state index is 8.95. The summed E-state index contributed by atoms with van der Waals surface area (Å²) in [4.78, 5) is 0. The van der Waals surface area contributed by atoms with Crippen molar-refractivity contribution in [2.24, 2.45) is 0 Å². The summed E-state index contributed by atoms with van der Waals surface area (Å²) < 4.78 is 25.2. The highest BCUT2D eigenvalue weighted by Crippen LogP contribution is 2.03. The summed E-state index contributed by atoms with van der Waals surface area (Å²) in [6.45, 7) is 4.51. The van der Waals surface area contributed by atoms with Crippen LogP contribution in [0.3, 0.4) is 0 Å². The molecular weight excluding hydrogens is 212 g/mol. The van der Waals surface area contributed by atoms with Crippen LogP contribution >= 0.6 is 10.7 Å². The highest BCUT2D eigenvalue weighted by Gasteiger charge is 1.86. The lowest BCUT2D eigenvalue weighted by molar-refractivity contribution is 0.501. The maximum atomic E-state index is 8.95. The first-order chi connectivity index (χ1) is 5.91. The Morgan fingerprint density at radius 2 is 1.23 bits per heavy atom. The van der Waals surface area contributed by atoms with Gasteiger partial charge in [0.05, 0.1) is 0 Å². The van der Waals surface area contributed by atoms with Crippen LogP contribution in [0.1, 0.15) is 52.4 Å². The van der Waals surface area contributed by atoms with Gasteiger partial charge in [-0.25, -0.2) is 0 Å². The molecule has 0 spiro atoms. The quantitative estimate of drug-likeness (QED) is 0.448. The van der Waals surface area contributed by atoms with Gasteiger partial charge in [-0.2, -0.15) is 8.42 Å². The fourth-order valence-corrected chi connectivity index (χ4v) is 0.854. The zero-order valence-electron chi connectivity index (χ0n) is 8.29. The first kappa shape index (κ1) is 15.7. The van der Waals surface area contributed by atoms with E-state index in [4.69, 9.17) is 13.0 Å². The number of hydrogen-bond acceptors (Lipinski definition) is 2. The lowest BCUT2D eigenvalue weighted by Gasteiger charge is -1.93. The molecular formula is C8H19ClO3S. The molecule has 0 aromatic rings. The van der Waals surface area contributed by atoms with Crippen LogP contribution in [0.15, 0.2) is 0 Å². The van der Waals surface area contributed by atoms with Crippen molar-refractivity contribution < 1.29 is 13.0 Å². The summed E-state index contributed by atoms with van der Waals surface area (Å²) in [6.07, 6.45) is 8.49. The van der Waals surface area contributed by atoms with Gasteiger partial charge in [-0.1, -0.05) is 52.4 Å². The van der Waals surface area contributed by atoms with E-state index in [0.29, 0.717) is 0 Å². The van der Waals surface area contributed by atoms with Crippen molar-refractivity contribution >= 4 is 20.0 Å².